The average Bonchev–Trinajstić information content (AvgIpc) is 2.82. The first-order valence-corrected chi connectivity index (χ1v) is 6.00. The summed E-state index contributed by atoms with van der Waals surface area (Å²) >= 11 is 0. The van der Waals surface area contributed by atoms with Gasteiger partial charge in [0.05, 0.1) is 0 Å². The maximum Gasteiger partial charge on any atom is 0.226 e. The van der Waals surface area contributed by atoms with Crippen LogP contribution in [0, 0.1) is 12.7 Å². The van der Waals surface area contributed by atoms with Gasteiger partial charge in [-0.2, -0.15) is 4.98 Å². The Kier molecular flexibility index (Phi) is 4.04. The second-order valence-corrected chi connectivity index (χ2v) is 4.22. The first-order valence-electron chi connectivity index (χ1n) is 6.00. The van der Waals surface area contributed by atoms with Crippen LogP contribution in [0.1, 0.15) is 24.3 Å². The lowest BCUT2D eigenvalue weighted by atomic mass is 10.1. The molecule has 2 N–H and O–H groups in total. The summed E-state index contributed by atoms with van der Waals surface area (Å²) in [5.41, 5.74) is 6.65. The van der Waals surface area contributed by atoms with E-state index in [9.17, 15) is 4.39 Å². The SMILES string of the molecule is Cc1ccc(-c2noc(CCCCN)n2)cc1F. The monoisotopic (exact) mass is 249 g/mol. The Morgan fingerprint density at radius 1 is 1.33 bits per heavy atom. The van der Waals surface area contributed by atoms with Crippen molar-refractivity contribution in [3.8, 4) is 11.4 Å². The summed E-state index contributed by atoms with van der Waals surface area (Å²) in [6, 6.07) is 4.91. The number of rotatable bonds is 5. The van der Waals surface area contributed by atoms with E-state index in [4.69, 9.17) is 10.3 Å². The molecule has 0 spiro atoms. The molecule has 0 bridgehead atoms. The van der Waals surface area contributed by atoms with Crippen molar-refractivity contribution < 1.29 is 8.91 Å². The molecule has 96 valence electrons. The second kappa shape index (κ2) is 5.73. The van der Waals surface area contributed by atoms with Gasteiger partial charge in [-0.1, -0.05) is 17.3 Å². The lowest BCUT2D eigenvalue weighted by Crippen LogP contribution is -1.99. The molecule has 1 aromatic carbocycles. The fourth-order valence-corrected chi connectivity index (χ4v) is 1.63. The van der Waals surface area contributed by atoms with Crippen molar-refractivity contribution >= 4 is 0 Å². The number of benzene rings is 1. The van der Waals surface area contributed by atoms with Gasteiger partial charge >= 0.3 is 0 Å². The van der Waals surface area contributed by atoms with E-state index in [1.54, 1.807) is 19.1 Å². The number of aromatic nitrogens is 2. The van der Waals surface area contributed by atoms with E-state index in [0.717, 1.165) is 12.8 Å². The Morgan fingerprint density at radius 2 is 2.17 bits per heavy atom. The van der Waals surface area contributed by atoms with E-state index < -0.39 is 0 Å². The molecular formula is C13H16FN3O. The minimum absolute atomic E-state index is 0.262. The molecule has 1 aromatic heterocycles. The Morgan fingerprint density at radius 3 is 2.89 bits per heavy atom. The summed E-state index contributed by atoms with van der Waals surface area (Å²) in [5.74, 6) is 0.734. The van der Waals surface area contributed by atoms with Crippen molar-refractivity contribution in [3.05, 3.63) is 35.5 Å². The van der Waals surface area contributed by atoms with Gasteiger partial charge in [0.2, 0.25) is 11.7 Å². The molecule has 0 atom stereocenters. The molecule has 0 fully saturated rings. The zero-order valence-electron chi connectivity index (χ0n) is 10.3. The summed E-state index contributed by atoms with van der Waals surface area (Å²) in [6.07, 6.45) is 2.55. The number of nitrogens with two attached hydrogens (primary N) is 1. The van der Waals surface area contributed by atoms with E-state index in [-0.39, 0.29) is 5.82 Å². The minimum Gasteiger partial charge on any atom is -0.339 e. The van der Waals surface area contributed by atoms with Gasteiger partial charge in [0, 0.05) is 12.0 Å². The number of unbranched alkanes of at least 4 members (excludes halogenated alkanes) is 1. The highest BCUT2D eigenvalue weighted by atomic mass is 19.1. The van der Waals surface area contributed by atoms with Crippen LogP contribution in [0.5, 0.6) is 0 Å². The van der Waals surface area contributed by atoms with Crippen LogP contribution in [-0.2, 0) is 6.42 Å². The van der Waals surface area contributed by atoms with Gasteiger partial charge in [-0.15, -0.1) is 0 Å². The van der Waals surface area contributed by atoms with E-state index in [0.29, 0.717) is 35.8 Å². The fourth-order valence-electron chi connectivity index (χ4n) is 1.63. The molecule has 0 unspecified atom stereocenters. The van der Waals surface area contributed by atoms with Crippen molar-refractivity contribution in [2.24, 2.45) is 5.73 Å². The zero-order valence-corrected chi connectivity index (χ0v) is 10.3. The Hall–Kier alpha value is -1.75. The molecule has 4 nitrogen and oxygen atoms in total. The topological polar surface area (TPSA) is 64.9 Å². The fraction of sp³-hybridized carbons (Fsp3) is 0.385. The van der Waals surface area contributed by atoms with Crippen LogP contribution in [-0.4, -0.2) is 16.7 Å². The largest absolute Gasteiger partial charge is 0.339 e. The standard InChI is InChI=1S/C13H16FN3O/c1-9-5-6-10(8-11(9)14)13-16-12(18-17-13)4-2-3-7-15/h5-6,8H,2-4,7,15H2,1H3. The predicted octanol–water partition coefficient (Wildman–Crippen LogP) is 2.47. The van der Waals surface area contributed by atoms with Crippen molar-refractivity contribution in [2.45, 2.75) is 26.2 Å². The highest BCUT2D eigenvalue weighted by Crippen LogP contribution is 2.19. The summed E-state index contributed by atoms with van der Waals surface area (Å²) in [4.78, 5) is 4.24. The summed E-state index contributed by atoms with van der Waals surface area (Å²) in [5, 5.41) is 3.85. The summed E-state index contributed by atoms with van der Waals surface area (Å²) in [6.45, 7) is 2.37. The highest BCUT2D eigenvalue weighted by molar-refractivity contribution is 5.54. The molecule has 0 aliphatic carbocycles. The van der Waals surface area contributed by atoms with Gasteiger partial charge in [0.1, 0.15) is 5.82 Å². The number of halogens is 1. The molecule has 0 aliphatic heterocycles. The van der Waals surface area contributed by atoms with Gasteiger partial charge < -0.3 is 10.3 Å². The number of hydrogen-bond acceptors (Lipinski definition) is 4. The Labute approximate surface area is 105 Å². The summed E-state index contributed by atoms with van der Waals surface area (Å²) in [7, 11) is 0. The lowest BCUT2D eigenvalue weighted by Gasteiger charge is -1.97. The molecule has 18 heavy (non-hydrogen) atoms. The molecule has 1 heterocycles. The Bertz CT molecular complexity index is 525. The second-order valence-electron chi connectivity index (χ2n) is 4.22. The quantitative estimate of drug-likeness (QED) is 0.827. The molecule has 0 saturated heterocycles. The first kappa shape index (κ1) is 12.7. The molecule has 2 aromatic rings. The van der Waals surface area contributed by atoms with E-state index in [1.807, 2.05) is 0 Å². The molecular weight excluding hydrogens is 233 g/mol. The average molecular weight is 249 g/mol. The number of nitrogens with zero attached hydrogens (tertiary/aromatic N) is 2. The maximum atomic E-state index is 13.4. The van der Waals surface area contributed by atoms with Crippen molar-refractivity contribution in [3.63, 3.8) is 0 Å². The third-order valence-corrected chi connectivity index (χ3v) is 2.74. The van der Waals surface area contributed by atoms with E-state index in [1.165, 1.54) is 6.07 Å². The highest BCUT2D eigenvalue weighted by Gasteiger charge is 2.09. The van der Waals surface area contributed by atoms with Crippen LogP contribution in [0.25, 0.3) is 11.4 Å². The molecule has 0 amide bonds. The van der Waals surface area contributed by atoms with Crippen LogP contribution < -0.4 is 5.73 Å². The van der Waals surface area contributed by atoms with Crippen LogP contribution in [0.2, 0.25) is 0 Å². The maximum absolute atomic E-state index is 13.4. The van der Waals surface area contributed by atoms with Crippen LogP contribution in [0.4, 0.5) is 4.39 Å². The Balaban J connectivity index is 2.11. The van der Waals surface area contributed by atoms with Gasteiger partial charge in [0.25, 0.3) is 0 Å². The van der Waals surface area contributed by atoms with Crippen molar-refractivity contribution in [2.75, 3.05) is 6.54 Å². The lowest BCUT2D eigenvalue weighted by molar-refractivity contribution is 0.375. The molecule has 0 aliphatic rings. The van der Waals surface area contributed by atoms with Crippen molar-refractivity contribution in [1.29, 1.82) is 0 Å². The zero-order chi connectivity index (χ0) is 13.0. The summed E-state index contributed by atoms with van der Waals surface area (Å²) < 4.78 is 18.5. The normalized spacial score (nSPS) is 10.8. The van der Waals surface area contributed by atoms with E-state index in [2.05, 4.69) is 10.1 Å². The number of aryl methyl sites for hydroxylation is 2. The predicted molar refractivity (Wildman–Crippen MR) is 66.4 cm³/mol. The molecule has 0 radical (unpaired) electrons. The number of hydrogen-bond donors (Lipinski definition) is 1. The third kappa shape index (κ3) is 2.92. The third-order valence-electron chi connectivity index (χ3n) is 2.74. The van der Waals surface area contributed by atoms with Gasteiger partial charge in [0.15, 0.2) is 0 Å². The van der Waals surface area contributed by atoms with Crippen LogP contribution >= 0.6 is 0 Å². The van der Waals surface area contributed by atoms with E-state index >= 15 is 0 Å². The minimum atomic E-state index is -0.262. The van der Waals surface area contributed by atoms with Gasteiger partial charge in [-0.3, -0.25) is 0 Å². The first-order chi connectivity index (χ1) is 8.70. The molecule has 2 rings (SSSR count). The smallest absolute Gasteiger partial charge is 0.226 e. The van der Waals surface area contributed by atoms with Crippen molar-refractivity contribution in [1.82, 2.24) is 10.1 Å². The van der Waals surface area contributed by atoms with Gasteiger partial charge in [-0.05, 0) is 37.9 Å². The van der Waals surface area contributed by atoms with Gasteiger partial charge in [-0.25, -0.2) is 4.39 Å². The molecule has 5 heteroatoms. The van der Waals surface area contributed by atoms with Crippen LogP contribution in [0.3, 0.4) is 0 Å². The molecule has 0 saturated carbocycles. The van der Waals surface area contributed by atoms with Crippen LogP contribution in [0.15, 0.2) is 22.7 Å².